The minimum absolute atomic E-state index is 0. The molecule has 94 valence electrons. The van der Waals surface area contributed by atoms with Crippen molar-refractivity contribution in [3.05, 3.63) is 30.0 Å². The quantitative estimate of drug-likeness (QED) is 0.862. The largest absolute Gasteiger partial charge is 0.493 e. The number of nitrogens with one attached hydrogen (secondary N) is 1. The fourth-order valence-corrected chi connectivity index (χ4v) is 1.90. The number of fused-ring (bicyclic) bond motifs is 1. The van der Waals surface area contributed by atoms with Crippen LogP contribution >= 0.6 is 12.4 Å². The van der Waals surface area contributed by atoms with Crippen LogP contribution < -0.4 is 10.5 Å². The van der Waals surface area contributed by atoms with Gasteiger partial charge in [-0.1, -0.05) is 13.0 Å². The zero-order chi connectivity index (χ0) is 11.4. The molecule has 0 unspecified atom stereocenters. The molecule has 0 fully saturated rings. The molecule has 0 saturated heterocycles. The van der Waals surface area contributed by atoms with Crippen molar-refractivity contribution in [2.45, 2.75) is 19.8 Å². The number of aromatic amines is 1. The van der Waals surface area contributed by atoms with E-state index in [0.717, 1.165) is 30.7 Å². The van der Waals surface area contributed by atoms with Crippen LogP contribution in [0.5, 0.6) is 5.75 Å². The van der Waals surface area contributed by atoms with Crippen molar-refractivity contribution in [2.24, 2.45) is 5.73 Å². The topological polar surface area (TPSA) is 51.0 Å². The van der Waals surface area contributed by atoms with Gasteiger partial charge in [-0.05, 0) is 37.1 Å². The first-order valence-electron chi connectivity index (χ1n) is 5.78. The molecular formula is C13H19ClN2O. The van der Waals surface area contributed by atoms with Crippen LogP contribution in [0.2, 0.25) is 0 Å². The minimum atomic E-state index is 0. The number of ether oxygens (including phenoxy) is 1. The van der Waals surface area contributed by atoms with Gasteiger partial charge in [0.1, 0.15) is 5.75 Å². The van der Waals surface area contributed by atoms with E-state index in [1.807, 2.05) is 18.3 Å². The Morgan fingerprint density at radius 2 is 2.18 bits per heavy atom. The Kier molecular flexibility index (Phi) is 5.32. The first-order chi connectivity index (χ1) is 7.86. The van der Waals surface area contributed by atoms with Gasteiger partial charge in [0.2, 0.25) is 0 Å². The molecule has 17 heavy (non-hydrogen) atoms. The maximum absolute atomic E-state index is 5.75. The Morgan fingerprint density at radius 1 is 1.35 bits per heavy atom. The van der Waals surface area contributed by atoms with Gasteiger partial charge in [-0.3, -0.25) is 0 Å². The van der Waals surface area contributed by atoms with E-state index < -0.39 is 0 Å². The standard InChI is InChI=1S/C13H18N2O.ClH/c1-2-8-16-12-5-3-4-11-13(12)10(6-7-14)9-15-11;/h3-5,9,15H,2,6-8,14H2,1H3;1H. The SMILES string of the molecule is CCCOc1cccc2[nH]cc(CCN)c12.Cl. The lowest BCUT2D eigenvalue weighted by Crippen LogP contribution is -2.02. The normalized spacial score (nSPS) is 10.2. The van der Waals surface area contributed by atoms with E-state index in [0.29, 0.717) is 6.54 Å². The molecule has 0 aliphatic rings. The third-order valence-electron chi connectivity index (χ3n) is 2.62. The predicted octanol–water partition coefficient (Wildman–Crippen LogP) is 2.88. The number of rotatable bonds is 5. The molecule has 2 aromatic rings. The van der Waals surface area contributed by atoms with E-state index in [1.54, 1.807) is 0 Å². The molecule has 0 bridgehead atoms. The third-order valence-corrected chi connectivity index (χ3v) is 2.62. The van der Waals surface area contributed by atoms with Crippen molar-refractivity contribution < 1.29 is 4.74 Å². The van der Waals surface area contributed by atoms with E-state index >= 15 is 0 Å². The van der Waals surface area contributed by atoms with E-state index in [1.165, 1.54) is 10.9 Å². The van der Waals surface area contributed by atoms with Crippen LogP contribution in [0.4, 0.5) is 0 Å². The highest BCUT2D eigenvalue weighted by Gasteiger charge is 2.08. The zero-order valence-corrected chi connectivity index (χ0v) is 10.8. The Balaban J connectivity index is 0.00000144. The second kappa shape index (κ2) is 6.52. The number of H-pyrrole nitrogens is 1. The maximum Gasteiger partial charge on any atom is 0.128 e. The van der Waals surface area contributed by atoms with Gasteiger partial charge in [-0.25, -0.2) is 0 Å². The molecular weight excluding hydrogens is 236 g/mol. The first kappa shape index (κ1) is 13.9. The molecule has 0 aliphatic heterocycles. The highest BCUT2D eigenvalue weighted by atomic mass is 35.5. The van der Waals surface area contributed by atoms with Gasteiger partial charge in [0, 0.05) is 17.1 Å². The predicted molar refractivity (Wildman–Crippen MR) is 74.1 cm³/mol. The van der Waals surface area contributed by atoms with Crippen molar-refractivity contribution in [3.8, 4) is 5.75 Å². The second-order valence-corrected chi connectivity index (χ2v) is 3.88. The molecule has 0 spiro atoms. The molecule has 1 aromatic carbocycles. The summed E-state index contributed by atoms with van der Waals surface area (Å²) in [6.07, 6.45) is 3.93. The average molecular weight is 255 g/mol. The van der Waals surface area contributed by atoms with Crippen LogP contribution in [-0.2, 0) is 6.42 Å². The van der Waals surface area contributed by atoms with Crippen LogP contribution in [0.3, 0.4) is 0 Å². The second-order valence-electron chi connectivity index (χ2n) is 3.88. The van der Waals surface area contributed by atoms with Crippen LogP contribution in [0.1, 0.15) is 18.9 Å². The zero-order valence-electron chi connectivity index (χ0n) is 10.0. The van der Waals surface area contributed by atoms with Crippen molar-refractivity contribution >= 4 is 23.3 Å². The average Bonchev–Trinajstić information content (AvgIpc) is 2.71. The third kappa shape index (κ3) is 2.93. The molecule has 0 radical (unpaired) electrons. The van der Waals surface area contributed by atoms with Gasteiger partial charge < -0.3 is 15.5 Å². The smallest absolute Gasteiger partial charge is 0.128 e. The van der Waals surface area contributed by atoms with E-state index in [-0.39, 0.29) is 12.4 Å². The molecule has 0 aliphatic carbocycles. The fraction of sp³-hybridized carbons (Fsp3) is 0.385. The van der Waals surface area contributed by atoms with E-state index in [2.05, 4.69) is 18.0 Å². The Hall–Kier alpha value is -1.19. The number of hydrogen-bond acceptors (Lipinski definition) is 2. The number of hydrogen-bond donors (Lipinski definition) is 2. The van der Waals surface area contributed by atoms with Crippen molar-refractivity contribution in [1.29, 1.82) is 0 Å². The summed E-state index contributed by atoms with van der Waals surface area (Å²) in [7, 11) is 0. The van der Waals surface area contributed by atoms with Crippen LogP contribution in [-0.4, -0.2) is 18.1 Å². The Morgan fingerprint density at radius 3 is 2.88 bits per heavy atom. The lowest BCUT2D eigenvalue weighted by molar-refractivity contribution is 0.321. The van der Waals surface area contributed by atoms with Crippen LogP contribution in [0.15, 0.2) is 24.4 Å². The van der Waals surface area contributed by atoms with E-state index in [4.69, 9.17) is 10.5 Å². The number of benzene rings is 1. The monoisotopic (exact) mass is 254 g/mol. The number of nitrogens with two attached hydrogens (primary N) is 1. The van der Waals surface area contributed by atoms with Crippen LogP contribution in [0.25, 0.3) is 10.9 Å². The molecule has 4 heteroatoms. The first-order valence-corrected chi connectivity index (χ1v) is 5.78. The van der Waals surface area contributed by atoms with Crippen molar-refractivity contribution in [1.82, 2.24) is 4.98 Å². The molecule has 1 heterocycles. The highest BCUT2D eigenvalue weighted by molar-refractivity contribution is 5.89. The summed E-state index contributed by atoms with van der Waals surface area (Å²) in [5, 5.41) is 1.18. The van der Waals surface area contributed by atoms with Gasteiger partial charge >= 0.3 is 0 Å². The molecule has 1 aromatic heterocycles. The lowest BCUT2D eigenvalue weighted by atomic mass is 10.1. The number of aromatic nitrogens is 1. The summed E-state index contributed by atoms with van der Waals surface area (Å²) in [5.74, 6) is 0.962. The molecule has 0 atom stereocenters. The summed E-state index contributed by atoms with van der Waals surface area (Å²) in [4.78, 5) is 3.25. The molecule has 3 N–H and O–H groups in total. The van der Waals surface area contributed by atoms with Crippen molar-refractivity contribution in [2.75, 3.05) is 13.2 Å². The van der Waals surface area contributed by atoms with E-state index in [9.17, 15) is 0 Å². The van der Waals surface area contributed by atoms with Gasteiger partial charge in [-0.15, -0.1) is 12.4 Å². The summed E-state index contributed by atoms with van der Waals surface area (Å²) >= 11 is 0. The summed E-state index contributed by atoms with van der Waals surface area (Å²) < 4.78 is 5.75. The number of halogens is 1. The summed E-state index contributed by atoms with van der Waals surface area (Å²) in [6, 6.07) is 6.09. The maximum atomic E-state index is 5.75. The van der Waals surface area contributed by atoms with Crippen LogP contribution in [0, 0.1) is 0 Å². The summed E-state index contributed by atoms with van der Waals surface area (Å²) in [6.45, 7) is 3.53. The minimum Gasteiger partial charge on any atom is -0.493 e. The van der Waals surface area contributed by atoms with Crippen molar-refractivity contribution in [3.63, 3.8) is 0 Å². The molecule has 3 nitrogen and oxygen atoms in total. The molecule has 0 amide bonds. The van der Waals surface area contributed by atoms with Gasteiger partial charge in [0.25, 0.3) is 0 Å². The van der Waals surface area contributed by atoms with Gasteiger partial charge in [0.15, 0.2) is 0 Å². The molecule has 2 rings (SSSR count). The summed E-state index contributed by atoms with van der Waals surface area (Å²) in [5.41, 5.74) is 7.97. The lowest BCUT2D eigenvalue weighted by Gasteiger charge is -2.07. The molecule has 0 saturated carbocycles. The Bertz CT molecular complexity index is 467. The Labute approximate surface area is 108 Å². The fourth-order valence-electron chi connectivity index (χ4n) is 1.90. The highest BCUT2D eigenvalue weighted by Crippen LogP contribution is 2.29. The van der Waals surface area contributed by atoms with Gasteiger partial charge in [0.05, 0.1) is 6.61 Å². The van der Waals surface area contributed by atoms with Gasteiger partial charge in [-0.2, -0.15) is 0 Å².